The first-order valence-electron chi connectivity index (χ1n) is 9.04. The molecular formula is C18H17N7O2S2. The van der Waals surface area contributed by atoms with Gasteiger partial charge in [0, 0.05) is 30.3 Å². The monoisotopic (exact) mass is 427 g/mol. The van der Waals surface area contributed by atoms with Crippen LogP contribution in [0.4, 0.5) is 11.1 Å². The number of hydrogen-bond donors (Lipinski definition) is 3. The number of fused-ring (bicyclic) bond motifs is 2. The lowest BCUT2D eigenvalue weighted by atomic mass is 10.1. The standard InChI is InChI=1S/C18H17N7O2S2/c19-10-7-27-5-3-11(10)22-17-21-6-13-14(23-17)9(8-28-13)16(26)25-18-24-15-12(29-18)2-1-4-20-15/h1-2,4,6,8,10-11H,3,5,7,19H2,(H,21,22,23)(H,20,24,25,26). The van der Waals surface area contributed by atoms with Gasteiger partial charge < -0.3 is 15.8 Å². The zero-order valence-electron chi connectivity index (χ0n) is 15.2. The lowest BCUT2D eigenvalue weighted by Crippen LogP contribution is -2.47. The van der Waals surface area contributed by atoms with Crippen molar-refractivity contribution in [3.8, 4) is 0 Å². The topological polar surface area (TPSA) is 128 Å². The van der Waals surface area contributed by atoms with E-state index >= 15 is 0 Å². The van der Waals surface area contributed by atoms with Crippen LogP contribution >= 0.6 is 22.7 Å². The largest absolute Gasteiger partial charge is 0.380 e. The molecule has 29 heavy (non-hydrogen) atoms. The minimum atomic E-state index is -0.261. The predicted octanol–water partition coefficient (Wildman–Crippen LogP) is 2.48. The van der Waals surface area contributed by atoms with E-state index in [0.717, 1.165) is 15.8 Å². The van der Waals surface area contributed by atoms with Gasteiger partial charge in [-0.05, 0) is 18.6 Å². The van der Waals surface area contributed by atoms with Crippen molar-refractivity contribution in [3.05, 3.63) is 35.5 Å². The number of anilines is 2. The Morgan fingerprint density at radius 3 is 3.07 bits per heavy atom. The molecule has 5 heterocycles. The normalized spacial score (nSPS) is 19.5. The highest BCUT2D eigenvalue weighted by atomic mass is 32.1. The number of carbonyl (C=O) groups is 1. The molecule has 1 aliphatic rings. The van der Waals surface area contributed by atoms with Crippen molar-refractivity contribution in [1.82, 2.24) is 19.9 Å². The highest BCUT2D eigenvalue weighted by Crippen LogP contribution is 2.28. The highest BCUT2D eigenvalue weighted by Gasteiger charge is 2.23. The van der Waals surface area contributed by atoms with Crippen LogP contribution in [0, 0.1) is 0 Å². The summed E-state index contributed by atoms with van der Waals surface area (Å²) in [4.78, 5) is 30.3. The van der Waals surface area contributed by atoms with E-state index in [2.05, 4.69) is 30.6 Å². The second-order valence-corrected chi connectivity index (χ2v) is 8.57. The average Bonchev–Trinajstić information content (AvgIpc) is 3.32. The number of nitrogens with zero attached hydrogens (tertiary/aromatic N) is 4. The number of thiophene rings is 1. The summed E-state index contributed by atoms with van der Waals surface area (Å²) in [6.07, 6.45) is 4.18. The lowest BCUT2D eigenvalue weighted by molar-refractivity contribution is 0.0751. The molecule has 2 atom stereocenters. The molecule has 5 rings (SSSR count). The maximum absolute atomic E-state index is 12.8. The van der Waals surface area contributed by atoms with Crippen molar-refractivity contribution in [1.29, 1.82) is 0 Å². The highest BCUT2D eigenvalue weighted by molar-refractivity contribution is 7.22. The molecule has 1 fully saturated rings. The van der Waals surface area contributed by atoms with Gasteiger partial charge >= 0.3 is 0 Å². The van der Waals surface area contributed by atoms with E-state index in [4.69, 9.17) is 10.5 Å². The van der Waals surface area contributed by atoms with Crippen LogP contribution in [0.2, 0.25) is 0 Å². The number of amides is 1. The number of pyridine rings is 1. The Labute approximate surface area is 173 Å². The zero-order valence-corrected chi connectivity index (χ0v) is 16.8. The number of thiazole rings is 1. The van der Waals surface area contributed by atoms with Crippen molar-refractivity contribution in [2.75, 3.05) is 23.8 Å². The molecule has 9 nitrogen and oxygen atoms in total. The smallest absolute Gasteiger partial charge is 0.260 e. The van der Waals surface area contributed by atoms with E-state index in [-0.39, 0.29) is 18.0 Å². The quantitative estimate of drug-likeness (QED) is 0.453. The first-order chi connectivity index (χ1) is 14.2. The summed E-state index contributed by atoms with van der Waals surface area (Å²) in [5, 5.41) is 8.41. The molecule has 0 saturated carbocycles. The fourth-order valence-electron chi connectivity index (χ4n) is 3.15. The molecule has 11 heteroatoms. The number of hydrogen-bond acceptors (Lipinski definition) is 10. The second-order valence-electron chi connectivity index (χ2n) is 6.63. The van der Waals surface area contributed by atoms with E-state index in [1.807, 2.05) is 12.1 Å². The summed E-state index contributed by atoms with van der Waals surface area (Å²) in [6, 6.07) is 3.67. The van der Waals surface area contributed by atoms with Crippen LogP contribution in [0.25, 0.3) is 20.6 Å². The van der Waals surface area contributed by atoms with Crippen LogP contribution < -0.4 is 16.4 Å². The van der Waals surface area contributed by atoms with Crippen molar-refractivity contribution in [2.24, 2.45) is 5.73 Å². The molecule has 0 bridgehead atoms. The molecule has 0 aromatic carbocycles. The third-order valence-corrected chi connectivity index (χ3v) is 6.49. The Kier molecular flexibility index (Phi) is 4.79. The first-order valence-corrected chi connectivity index (χ1v) is 10.7. The molecule has 1 saturated heterocycles. The van der Waals surface area contributed by atoms with Crippen LogP contribution in [0.1, 0.15) is 16.8 Å². The lowest BCUT2D eigenvalue weighted by Gasteiger charge is -2.29. The average molecular weight is 428 g/mol. The number of nitrogens with two attached hydrogens (primary N) is 1. The van der Waals surface area contributed by atoms with Crippen LogP contribution in [-0.2, 0) is 4.74 Å². The van der Waals surface area contributed by atoms with Crippen molar-refractivity contribution in [2.45, 2.75) is 18.5 Å². The number of rotatable bonds is 4. The van der Waals surface area contributed by atoms with Gasteiger partial charge in [-0.15, -0.1) is 11.3 Å². The molecule has 4 N–H and O–H groups in total. The summed E-state index contributed by atoms with van der Waals surface area (Å²) in [7, 11) is 0. The SMILES string of the molecule is NC1COCCC1Nc1ncc2scc(C(=O)Nc3nc4ncccc4s3)c2n1. The maximum Gasteiger partial charge on any atom is 0.260 e. The number of aromatic nitrogens is 4. The molecule has 4 aromatic rings. The molecule has 1 aliphatic heterocycles. The van der Waals surface area contributed by atoms with E-state index < -0.39 is 0 Å². The summed E-state index contributed by atoms with van der Waals surface area (Å²) >= 11 is 2.81. The van der Waals surface area contributed by atoms with E-state index in [9.17, 15) is 4.79 Å². The van der Waals surface area contributed by atoms with Gasteiger partial charge in [-0.25, -0.2) is 15.0 Å². The Balaban J connectivity index is 1.39. The maximum atomic E-state index is 12.8. The second kappa shape index (κ2) is 7.59. The van der Waals surface area contributed by atoms with E-state index in [1.54, 1.807) is 17.8 Å². The summed E-state index contributed by atoms with van der Waals surface area (Å²) < 4.78 is 7.12. The third-order valence-electron chi connectivity index (χ3n) is 4.66. The van der Waals surface area contributed by atoms with Crippen LogP contribution in [0.5, 0.6) is 0 Å². The molecule has 1 amide bonds. The van der Waals surface area contributed by atoms with E-state index in [1.165, 1.54) is 22.7 Å². The zero-order chi connectivity index (χ0) is 19.8. The molecule has 0 radical (unpaired) electrons. The van der Waals surface area contributed by atoms with Crippen LogP contribution in [0.15, 0.2) is 29.9 Å². The summed E-state index contributed by atoms with van der Waals surface area (Å²) in [5.74, 6) is 0.194. The van der Waals surface area contributed by atoms with Crippen molar-refractivity contribution >= 4 is 60.2 Å². The van der Waals surface area contributed by atoms with Gasteiger partial charge in [0.2, 0.25) is 5.95 Å². The van der Waals surface area contributed by atoms with Crippen LogP contribution in [-0.4, -0.2) is 51.1 Å². The summed E-state index contributed by atoms with van der Waals surface area (Å²) in [6.45, 7) is 1.15. The molecule has 0 aliphatic carbocycles. The Morgan fingerprint density at radius 1 is 1.28 bits per heavy atom. The van der Waals surface area contributed by atoms with Crippen molar-refractivity contribution in [3.63, 3.8) is 0 Å². The van der Waals surface area contributed by atoms with Gasteiger partial charge in [0.15, 0.2) is 10.8 Å². The van der Waals surface area contributed by atoms with Gasteiger partial charge in [0.05, 0.1) is 33.3 Å². The predicted molar refractivity (Wildman–Crippen MR) is 114 cm³/mol. The third kappa shape index (κ3) is 3.65. The molecule has 148 valence electrons. The Morgan fingerprint density at radius 2 is 2.21 bits per heavy atom. The number of carbonyl (C=O) groups excluding carboxylic acids is 1. The molecular weight excluding hydrogens is 410 g/mol. The first kappa shape index (κ1) is 18.3. The van der Waals surface area contributed by atoms with Gasteiger partial charge in [0.25, 0.3) is 5.91 Å². The van der Waals surface area contributed by atoms with Gasteiger partial charge in [-0.2, -0.15) is 4.98 Å². The van der Waals surface area contributed by atoms with E-state index in [0.29, 0.717) is 41.0 Å². The van der Waals surface area contributed by atoms with Gasteiger partial charge in [-0.3, -0.25) is 10.1 Å². The fraction of sp³-hybridized carbons (Fsp3) is 0.278. The molecule has 2 unspecified atom stereocenters. The van der Waals surface area contributed by atoms with Gasteiger partial charge in [-0.1, -0.05) is 11.3 Å². The minimum Gasteiger partial charge on any atom is -0.380 e. The molecule has 0 spiro atoms. The number of nitrogens with one attached hydrogen (secondary N) is 2. The summed E-state index contributed by atoms with van der Waals surface area (Å²) in [5.41, 5.74) is 7.80. The number of ether oxygens (including phenoxy) is 1. The van der Waals surface area contributed by atoms with Crippen LogP contribution in [0.3, 0.4) is 0 Å². The Bertz CT molecular complexity index is 1160. The molecule has 4 aromatic heterocycles. The Hall–Kier alpha value is -2.73. The minimum absolute atomic E-state index is 0.0346. The fourth-order valence-corrected chi connectivity index (χ4v) is 4.82. The van der Waals surface area contributed by atoms with Gasteiger partial charge in [0.1, 0.15) is 0 Å². The van der Waals surface area contributed by atoms with Crippen molar-refractivity contribution < 1.29 is 9.53 Å².